The monoisotopic (exact) mass is 248 g/mol. The average molecular weight is 249 g/mol. The zero-order chi connectivity index (χ0) is 9.97. The fourth-order valence-electron chi connectivity index (χ4n) is 1.56. The van der Waals surface area contributed by atoms with E-state index >= 15 is 0 Å². The van der Waals surface area contributed by atoms with Gasteiger partial charge in [0.05, 0.1) is 10.7 Å². The molecule has 1 aromatic rings. The van der Waals surface area contributed by atoms with Gasteiger partial charge in [-0.05, 0) is 30.4 Å². The first kappa shape index (κ1) is 10.5. The molecule has 0 atom stereocenters. The zero-order valence-corrected chi connectivity index (χ0v) is 9.87. The smallest absolute Gasteiger partial charge is 0.162 e. The van der Waals surface area contributed by atoms with Crippen molar-refractivity contribution in [2.75, 3.05) is 11.5 Å². The van der Waals surface area contributed by atoms with Crippen LogP contribution in [0.4, 0.5) is 0 Å². The van der Waals surface area contributed by atoms with E-state index < -0.39 is 0 Å². The van der Waals surface area contributed by atoms with Crippen molar-refractivity contribution < 1.29 is 0 Å². The molecule has 1 aliphatic heterocycles. The van der Waals surface area contributed by atoms with Crippen LogP contribution in [0.3, 0.4) is 0 Å². The topological polar surface area (TPSA) is 25.8 Å². The Morgan fingerprint density at radius 1 is 1.21 bits per heavy atom. The lowest BCUT2D eigenvalue weighted by molar-refractivity contribution is 0.609. The van der Waals surface area contributed by atoms with Gasteiger partial charge >= 0.3 is 0 Å². The molecule has 5 heteroatoms. The summed E-state index contributed by atoms with van der Waals surface area (Å²) in [6.45, 7) is 0. The van der Waals surface area contributed by atoms with Gasteiger partial charge in [-0.3, -0.25) is 0 Å². The molecule has 2 heterocycles. The van der Waals surface area contributed by atoms with Gasteiger partial charge in [-0.15, -0.1) is 5.10 Å². The van der Waals surface area contributed by atoms with Crippen LogP contribution in [0, 0.1) is 0 Å². The third-order valence-corrected chi connectivity index (χ3v) is 4.08. The number of hydrogen-bond donors (Lipinski definition) is 0. The predicted molar refractivity (Wildman–Crippen MR) is 61.4 cm³/mol. The van der Waals surface area contributed by atoms with Gasteiger partial charge in [-0.1, -0.05) is 23.2 Å². The van der Waals surface area contributed by atoms with Crippen molar-refractivity contribution in [1.29, 1.82) is 0 Å². The van der Waals surface area contributed by atoms with Crippen LogP contribution in [-0.2, 0) is 0 Å². The molecule has 0 saturated carbocycles. The van der Waals surface area contributed by atoms with Gasteiger partial charge in [0.15, 0.2) is 5.15 Å². The van der Waals surface area contributed by atoms with Crippen LogP contribution in [-0.4, -0.2) is 21.7 Å². The standard InChI is InChI=1S/C9H10Cl2N2S/c10-7-5-8(12-13-9(7)11)6-1-3-14-4-2-6/h5-6H,1-4H2. The molecule has 0 aromatic carbocycles. The number of halogens is 2. The largest absolute Gasteiger partial charge is 0.170 e. The highest BCUT2D eigenvalue weighted by Gasteiger charge is 2.18. The lowest BCUT2D eigenvalue weighted by Gasteiger charge is -2.20. The molecule has 0 bridgehead atoms. The number of aromatic nitrogens is 2. The molecular formula is C9H10Cl2N2S. The van der Waals surface area contributed by atoms with Crippen LogP contribution in [0.2, 0.25) is 10.2 Å². The molecule has 0 amide bonds. The summed E-state index contributed by atoms with van der Waals surface area (Å²) < 4.78 is 0. The molecule has 0 unspecified atom stereocenters. The van der Waals surface area contributed by atoms with Gasteiger partial charge in [0, 0.05) is 5.92 Å². The molecule has 0 aliphatic carbocycles. The molecule has 1 aliphatic rings. The first-order valence-corrected chi connectivity index (χ1v) is 6.45. The fraction of sp³-hybridized carbons (Fsp3) is 0.556. The summed E-state index contributed by atoms with van der Waals surface area (Å²) in [5, 5.41) is 8.72. The molecule has 1 aromatic heterocycles. The molecule has 0 radical (unpaired) electrons. The quantitative estimate of drug-likeness (QED) is 0.762. The summed E-state index contributed by atoms with van der Waals surface area (Å²) in [7, 11) is 0. The Kier molecular flexibility index (Phi) is 3.52. The summed E-state index contributed by atoms with van der Waals surface area (Å²) in [4.78, 5) is 0. The summed E-state index contributed by atoms with van der Waals surface area (Å²) in [6.07, 6.45) is 2.33. The van der Waals surface area contributed by atoms with Gasteiger partial charge < -0.3 is 0 Å². The Morgan fingerprint density at radius 2 is 1.93 bits per heavy atom. The average Bonchev–Trinajstić information content (AvgIpc) is 2.23. The van der Waals surface area contributed by atoms with Crippen molar-refractivity contribution in [2.45, 2.75) is 18.8 Å². The molecule has 14 heavy (non-hydrogen) atoms. The van der Waals surface area contributed by atoms with Crippen LogP contribution in [0.1, 0.15) is 24.5 Å². The highest BCUT2D eigenvalue weighted by molar-refractivity contribution is 7.99. The summed E-state index contributed by atoms with van der Waals surface area (Å²) in [5.74, 6) is 2.91. The van der Waals surface area contributed by atoms with Crippen molar-refractivity contribution in [1.82, 2.24) is 10.2 Å². The van der Waals surface area contributed by atoms with E-state index in [1.807, 2.05) is 17.8 Å². The zero-order valence-electron chi connectivity index (χ0n) is 7.54. The molecule has 1 saturated heterocycles. The summed E-state index contributed by atoms with van der Waals surface area (Å²) in [5.41, 5.74) is 0.986. The van der Waals surface area contributed by atoms with Crippen LogP contribution in [0.5, 0.6) is 0 Å². The van der Waals surface area contributed by atoms with Gasteiger partial charge in [-0.25, -0.2) is 0 Å². The number of thioether (sulfide) groups is 1. The molecule has 1 fully saturated rings. The molecule has 0 N–H and O–H groups in total. The Morgan fingerprint density at radius 3 is 2.57 bits per heavy atom. The fourth-order valence-corrected chi connectivity index (χ4v) is 2.91. The maximum absolute atomic E-state index is 5.89. The maximum atomic E-state index is 5.89. The number of nitrogens with zero attached hydrogens (tertiary/aromatic N) is 2. The molecule has 2 nitrogen and oxygen atoms in total. The van der Waals surface area contributed by atoms with Crippen molar-refractivity contribution in [3.8, 4) is 0 Å². The Balaban J connectivity index is 2.18. The normalized spacial score (nSPS) is 18.4. The lowest BCUT2D eigenvalue weighted by Crippen LogP contribution is -2.10. The van der Waals surface area contributed by atoms with Crippen LogP contribution < -0.4 is 0 Å². The predicted octanol–water partition coefficient (Wildman–Crippen LogP) is 3.39. The minimum Gasteiger partial charge on any atom is -0.162 e. The van der Waals surface area contributed by atoms with Crippen LogP contribution >= 0.6 is 35.0 Å². The van der Waals surface area contributed by atoms with E-state index in [9.17, 15) is 0 Å². The van der Waals surface area contributed by atoms with Crippen molar-refractivity contribution in [2.24, 2.45) is 0 Å². The minimum absolute atomic E-state index is 0.292. The van der Waals surface area contributed by atoms with Crippen LogP contribution in [0.25, 0.3) is 0 Å². The second-order valence-electron chi connectivity index (χ2n) is 3.29. The van der Waals surface area contributed by atoms with E-state index in [0.717, 1.165) is 18.5 Å². The van der Waals surface area contributed by atoms with E-state index in [1.165, 1.54) is 11.5 Å². The van der Waals surface area contributed by atoms with Gasteiger partial charge in [-0.2, -0.15) is 16.9 Å². The maximum Gasteiger partial charge on any atom is 0.170 e. The Hall–Kier alpha value is 0.01000. The van der Waals surface area contributed by atoms with E-state index in [2.05, 4.69) is 10.2 Å². The van der Waals surface area contributed by atoms with Crippen molar-refractivity contribution in [3.63, 3.8) is 0 Å². The van der Waals surface area contributed by atoms with E-state index in [4.69, 9.17) is 23.2 Å². The highest BCUT2D eigenvalue weighted by Crippen LogP contribution is 2.32. The number of rotatable bonds is 1. The molecule has 0 spiro atoms. The van der Waals surface area contributed by atoms with E-state index in [0.29, 0.717) is 16.1 Å². The first-order chi connectivity index (χ1) is 6.77. The van der Waals surface area contributed by atoms with Gasteiger partial charge in [0.2, 0.25) is 0 Å². The second-order valence-corrected chi connectivity index (χ2v) is 5.28. The third-order valence-electron chi connectivity index (χ3n) is 2.36. The molecular weight excluding hydrogens is 239 g/mol. The summed E-state index contributed by atoms with van der Waals surface area (Å²) >= 11 is 13.6. The van der Waals surface area contributed by atoms with Crippen molar-refractivity contribution in [3.05, 3.63) is 21.9 Å². The Bertz CT molecular complexity index is 327. The minimum atomic E-state index is 0.292. The third kappa shape index (κ3) is 2.33. The summed E-state index contributed by atoms with van der Waals surface area (Å²) in [6, 6.07) is 1.84. The Labute approximate surface area is 97.4 Å². The second kappa shape index (κ2) is 4.69. The van der Waals surface area contributed by atoms with Crippen LogP contribution in [0.15, 0.2) is 6.07 Å². The van der Waals surface area contributed by atoms with Gasteiger partial charge in [0.25, 0.3) is 0 Å². The van der Waals surface area contributed by atoms with E-state index in [1.54, 1.807) is 0 Å². The SMILES string of the molecule is Clc1cc(C2CCSCC2)nnc1Cl. The molecule has 76 valence electrons. The lowest BCUT2D eigenvalue weighted by atomic mass is 9.99. The molecule has 2 rings (SSSR count). The highest BCUT2D eigenvalue weighted by atomic mass is 35.5. The van der Waals surface area contributed by atoms with E-state index in [-0.39, 0.29) is 0 Å². The van der Waals surface area contributed by atoms with Crippen molar-refractivity contribution >= 4 is 35.0 Å². The first-order valence-electron chi connectivity index (χ1n) is 4.54. The number of hydrogen-bond acceptors (Lipinski definition) is 3. The van der Waals surface area contributed by atoms with Gasteiger partial charge in [0.1, 0.15) is 0 Å².